The summed E-state index contributed by atoms with van der Waals surface area (Å²) in [5.74, 6) is 2.43. The van der Waals surface area contributed by atoms with E-state index in [1.807, 2.05) is 4.90 Å². The molecule has 0 bridgehead atoms. The Kier molecular flexibility index (Phi) is 4.53. The van der Waals surface area contributed by atoms with Crippen molar-refractivity contribution in [3.8, 4) is 11.5 Å². The van der Waals surface area contributed by atoms with E-state index in [2.05, 4.69) is 13.8 Å². The van der Waals surface area contributed by atoms with Gasteiger partial charge in [-0.25, -0.2) is 0 Å². The molecule has 0 aromatic heterocycles. The Morgan fingerprint density at radius 3 is 2.25 bits per heavy atom. The predicted octanol–water partition coefficient (Wildman–Crippen LogP) is 2.82. The highest BCUT2D eigenvalue weighted by atomic mass is 16.5. The SMILES string of the molecule is COc1ccc(C(=O)N2C[C@H](C)C[C@H](C)C2)cc1OC. The van der Waals surface area contributed by atoms with Crippen molar-refractivity contribution < 1.29 is 14.3 Å². The molecule has 2 rings (SSSR count). The first kappa shape index (κ1) is 14.7. The Hall–Kier alpha value is -1.71. The van der Waals surface area contributed by atoms with Gasteiger partial charge in [-0.2, -0.15) is 0 Å². The number of carbonyl (C=O) groups excluding carboxylic acids is 1. The standard InChI is InChI=1S/C16H23NO3/c1-11-7-12(2)10-17(9-11)16(18)13-5-6-14(19-3)15(8-13)20-4/h5-6,8,11-12H,7,9-10H2,1-4H3/t11-,12+. The molecule has 1 fully saturated rings. The number of amides is 1. The van der Waals surface area contributed by atoms with Crippen LogP contribution in [0.3, 0.4) is 0 Å². The molecule has 1 saturated heterocycles. The van der Waals surface area contributed by atoms with E-state index in [1.165, 1.54) is 6.42 Å². The van der Waals surface area contributed by atoms with Crippen LogP contribution in [0.1, 0.15) is 30.6 Å². The van der Waals surface area contributed by atoms with Gasteiger partial charge in [-0.3, -0.25) is 4.79 Å². The normalized spacial score (nSPS) is 22.5. The van der Waals surface area contributed by atoms with E-state index in [9.17, 15) is 4.79 Å². The first-order valence-electron chi connectivity index (χ1n) is 7.06. The van der Waals surface area contributed by atoms with Gasteiger partial charge in [-0.1, -0.05) is 13.8 Å². The molecule has 1 aliphatic rings. The fourth-order valence-corrected chi connectivity index (χ4v) is 2.98. The summed E-state index contributed by atoms with van der Waals surface area (Å²) in [7, 11) is 3.17. The van der Waals surface area contributed by atoms with Gasteiger partial charge in [0.25, 0.3) is 5.91 Å². The summed E-state index contributed by atoms with van der Waals surface area (Å²) in [5, 5.41) is 0. The molecule has 1 aromatic carbocycles. The smallest absolute Gasteiger partial charge is 0.254 e. The average molecular weight is 277 g/mol. The monoisotopic (exact) mass is 277 g/mol. The van der Waals surface area contributed by atoms with Crippen LogP contribution in [0.15, 0.2) is 18.2 Å². The lowest BCUT2D eigenvalue weighted by Gasteiger charge is -2.35. The number of rotatable bonds is 3. The number of nitrogens with zero attached hydrogens (tertiary/aromatic N) is 1. The van der Waals surface area contributed by atoms with Crippen molar-refractivity contribution in [3.63, 3.8) is 0 Å². The molecule has 1 aromatic rings. The molecular weight excluding hydrogens is 254 g/mol. The van der Waals surface area contributed by atoms with Crippen LogP contribution >= 0.6 is 0 Å². The van der Waals surface area contributed by atoms with Gasteiger partial charge < -0.3 is 14.4 Å². The van der Waals surface area contributed by atoms with Gasteiger partial charge in [-0.15, -0.1) is 0 Å². The predicted molar refractivity (Wildman–Crippen MR) is 78.4 cm³/mol. The number of ether oxygens (including phenoxy) is 2. The highest BCUT2D eigenvalue weighted by molar-refractivity contribution is 5.95. The van der Waals surface area contributed by atoms with Crippen LogP contribution in [-0.2, 0) is 0 Å². The van der Waals surface area contributed by atoms with Crippen molar-refractivity contribution in [1.82, 2.24) is 4.90 Å². The third kappa shape index (κ3) is 3.06. The van der Waals surface area contributed by atoms with Crippen LogP contribution in [0, 0.1) is 11.8 Å². The highest BCUT2D eigenvalue weighted by Gasteiger charge is 2.26. The first-order chi connectivity index (χ1) is 9.55. The van der Waals surface area contributed by atoms with Crippen LogP contribution in [0.4, 0.5) is 0 Å². The number of likely N-dealkylation sites (tertiary alicyclic amines) is 1. The maximum absolute atomic E-state index is 12.6. The van der Waals surface area contributed by atoms with Crippen LogP contribution in [0.5, 0.6) is 11.5 Å². The van der Waals surface area contributed by atoms with Gasteiger partial charge >= 0.3 is 0 Å². The van der Waals surface area contributed by atoms with E-state index in [4.69, 9.17) is 9.47 Å². The number of methoxy groups -OCH3 is 2. The molecule has 0 spiro atoms. The van der Waals surface area contributed by atoms with Gasteiger partial charge in [0.2, 0.25) is 0 Å². The molecule has 110 valence electrons. The van der Waals surface area contributed by atoms with Gasteiger partial charge in [-0.05, 0) is 36.5 Å². The quantitative estimate of drug-likeness (QED) is 0.852. The van der Waals surface area contributed by atoms with Crippen molar-refractivity contribution in [2.45, 2.75) is 20.3 Å². The second-order valence-corrected chi connectivity index (χ2v) is 5.73. The van der Waals surface area contributed by atoms with E-state index < -0.39 is 0 Å². The van der Waals surface area contributed by atoms with Crippen molar-refractivity contribution >= 4 is 5.91 Å². The van der Waals surface area contributed by atoms with E-state index in [0.717, 1.165) is 13.1 Å². The summed E-state index contributed by atoms with van der Waals surface area (Å²) in [4.78, 5) is 14.5. The van der Waals surface area contributed by atoms with Crippen molar-refractivity contribution in [3.05, 3.63) is 23.8 Å². The molecule has 0 saturated carbocycles. The molecule has 2 atom stereocenters. The Bertz CT molecular complexity index is 477. The zero-order valence-electron chi connectivity index (χ0n) is 12.7. The van der Waals surface area contributed by atoms with E-state index in [-0.39, 0.29) is 5.91 Å². The van der Waals surface area contributed by atoms with Gasteiger partial charge in [0.05, 0.1) is 14.2 Å². The molecule has 0 unspecified atom stereocenters. The molecule has 4 nitrogen and oxygen atoms in total. The zero-order chi connectivity index (χ0) is 14.7. The van der Waals surface area contributed by atoms with Crippen LogP contribution < -0.4 is 9.47 Å². The second kappa shape index (κ2) is 6.16. The number of hydrogen-bond donors (Lipinski definition) is 0. The third-order valence-electron chi connectivity index (χ3n) is 3.79. The minimum Gasteiger partial charge on any atom is -0.493 e. The lowest BCUT2D eigenvalue weighted by atomic mass is 9.91. The molecule has 4 heteroatoms. The van der Waals surface area contributed by atoms with Crippen LogP contribution in [0.2, 0.25) is 0 Å². The molecule has 1 heterocycles. The van der Waals surface area contributed by atoms with Gasteiger partial charge in [0, 0.05) is 18.7 Å². The molecule has 1 aliphatic heterocycles. The maximum atomic E-state index is 12.6. The minimum absolute atomic E-state index is 0.0735. The Morgan fingerprint density at radius 1 is 1.10 bits per heavy atom. The zero-order valence-corrected chi connectivity index (χ0v) is 12.7. The summed E-state index contributed by atoms with van der Waals surface area (Å²) < 4.78 is 10.5. The average Bonchev–Trinajstić information content (AvgIpc) is 2.44. The lowest BCUT2D eigenvalue weighted by molar-refractivity contribution is 0.0622. The van der Waals surface area contributed by atoms with E-state index in [1.54, 1.807) is 32.4 Å². The van der Waals surface area contributed by atoms with Crippen molar-refractivity contribution in [2.75, 3.05) is 27.3 Å². The first-order valence-corrected chi connectivity index (χ1v) is 7.06. The number of hydrogen-bond acceptors (Lipinski definition) is 3. The topological polar surface area (TPSA) is 38.8 Å². The molecule has 0 aliphatic carbocycles. The number of piperidine rings is 1. The summed E-state index contributed by atoms with van der Waals surface area (Å²) in [6.45, 7) is 6.06. The molecular formula is C16H23NO3. The third-order valence-corrected chi connectivity index (χ3v) is 3.79. The fraction of sp³-hybridized carbons (Fsp3) is 0.562. The molecule has 1 amide bonds. The minimum atomic E-state index is 0.0735. The summed E-state index contributed by atoms with van der Waals surface area (Å²) in [6, 6.07) is 5.33. The van der Waals surface area contributed by atoms with Gasteiger partial charge in [0.1, 0.15) is 0 Å². The second-order valence-electron chi connectivity index (χ2n) is 5.73. The molecule has 0 N–H and O–H groups in total. The Labute approximate surface area is 120 Å². The van der Waals surface area contributed by atoms with Crippen molar-refractivity contribution in [2.24, 2.45) is 11.8 Å². The van der Waals surface area contributed by atoms with E-state index >= 15 is 0 Å². The maximum Gasteiger partial charge on any atom is 0.254 e. The fourth-order valence-electron chi connectivity index (χ4n) is 2.98. The highest BCUT2D eigenvalue weighted by Crippen LogP contribution is 2.29. The number of carbonyl (C=O) groups is 1. The van der Waals surface area contributed by atoms with Gasteiger partial charge in [0.15, 0.2) is 11.5 Å². The summed E-state index contributed by atoms with van der Waals surface area (Å²) in [6.07, 6.45) is 1.19. The molecule has 0 radical (unpaired) electrons. The van der Waals surface area contributed by atoms with Crippen LogP contribution in [-0.4, -0.2) is 38.1 Å². The Balaban J connectivity index is 2.20. The largest absolute Gasteiger partial charge is 0.493 e. The molecule has 20 heavy (non-hydrogen) atoms. The Morgan fingerprint density at radius 2 is 1.70 bits per heavy atom. The summed E-state index contributed by atoms with van der Waals surface area (Å²) in [5.41, 5.74) is 0.656. The number of benzene rings is 1. The van der Waals surface area contributed by atoms with Crippen molar-refractivity contribution in [1.29, 1.82) is 0 Å². The van der Waals surface area contributed by atoms with E-state index in [0.29, 0.717) is 28.9 Å². The van der Waals surface area contributed by atoms with Crippen LogP contribution in [0.25, 0.3) is 0 Å². The lowest BCUT2D eigenvalue weighted by Crippen LogP contribution is -2.42. The summed E-state index contributed by atoms with van der Waals surface area (Å²) >= 11 is 0.